The van der Waals surface area contributed by atoms with E-state index < -0.39 is 28.6 Å². The first-order valence-corrected chi connectivity index (χ1v) is 16.5. The quantitative estimate of drug-likeness (QED) is 0.315. The molecule has 6 rings (SSSR count). The van der Waals surface area contributed by atoms with Crippen molar-refractivity contribution in [1.29, 1.82) is 0 Å². The number of pyridine rings is 1. The van der Waals surface area contributed by atoms with Gasteiger partial charge in [0.2, 0.25) is 5.91 Å². The summed E-state index contributed by atoms with van der Waals surface area (Å²) in [6, 6.07) is 16.7. The number of rotatable bonds is 7. The number of nitrogens with one attached hydrogen (secondary N) is 1. The third kappa shape index (κ3) is 7.22. The Labute approximate surface area is 274 Å². The molecule has 0 radical (unpaired) electrons. The fourth-order valence-electron chi connectivity index (χ4n) is 6.73. The molecular formula is C36H44FN7O3. The van der Waals surface area contributed by atoms with Crippen LogP contribution in [0, 0.1) is 5.82 Å². The summed E-state index contributed by atoms with van der Waals surface area (Å²) in [5, 5.41) is 3.03. The maximum absolute atomic E-state index is 14.4. The van der Waals surface area contributed by atoms with Gasteiger partial charge in [0.05, 0.1) is 22.8 Å². The highest BCUT2D eigenvalue weighted by molar-refractivity contribution is 5.85. The van der Waals surface area contributed by atoms with Gasteiger partial charge in [-0.1, -0.05) is 36.4 Å². The molecule has 1 saturated carbocycles. The first-order chi connectivity index (χ1) is 22.5. The number of amides is 1. The van der Waals surface area contributed by atoms with E-state index in [2.05, 4.69) is 51.4 Å². The number of hydrogen-bond acceptors (Lipinski definition) is 7. The van der Waals surface area contributed by atoms with E-state index in [-0.39, 0.29) is 23.0 Å². The third-order valence-electron chi connectivity index (χ3n) is 9.48. The van der Waals surface area contributed by atoms with E-state index in [9.17, 15) is 18.8 Å². The van der Waals surface area contributed by atoms with Crippen LogP contribution >= 0.6 is 0 Å². The van der Waals surface area contributed by atoms with Crippen LogP contribution in [0.3, 0.4) is 0 Å². The molecule has 0 unspecified atom stereocenters. The molecule has 1 saturated heterocycles. The van der Waals surface area contributed by atoms with E-state index in [1.54, 1.807) is 19.9 Å². The van der Waals surface area contributed by atoms with Gasteiger partial charge >= 0.3 is 5.69 Å². The summed E-state index contributed by atoms with van der Waals surface area (Å²) >= 11 is 0. The van der Waals surface area contributed by atoms with Crippen LogP contribution in [0.1, 0.15) is 57.6 Å². The van der Waals surface area contributed by atoms with Gasteiger partial charge in [-0.2, -0.15) is 0 Å². The molecule has 3 heterocycles. The minimum absolute atomic E-state index is 0.0411. The molecule has 11 heteroatoms. The van der Waals surface area contributed by atoms with Gasteiger partial charge in [0.25, 0.3) is 5.56 Å². The Kier molecular flexibility index (Phi) is 9.41. The van der Waals surface area contributed by atoms with Crippen LogP contribution in [-0.4, -0.2) is 74.6 Å². The summed E-state index contributed by atoms with van der Waals surface area (Å²) in [4.78, 5) is 49.4. The molecule has 2 aromatic heterocycles. The second-order valence-electron chi connectivity index (χ2n) is 13.7. The van der Waals surface area contributed by atoms with Crippen LogP contribution in [0.25, 0.3) is 27.8 Å². The summed E-state index contributed by atoms with van der Waals surface area (Å²) in [5.74, 6) is -0.893. The van der Waals surface area contributed by atoms with Crippen molar-refractivity contribution in [3.05, 3.63) is 93.0 Å². The number of benzene rings is 2. The zero-order valence-electron chi connectivity index (χ0n) is 27.4. The minimum Gasteiger partial charge on any atom is -0.352 e. The van der Waals surface area contributed by atoms with E-state index in [1.807, 2.05) is 18.2 Å². The number of halogens is 1. The molecular weight excluding hydrogens is 597 g/mol. The van der Waals surface area contributed by atoms with Crippen molar-refractivity contribution < 1.29 is 9.18 Å². The first-order valence-electron chi connectivity index (χ1n) is 16.5. The van der Waals surface area contributed by atoms with Crippen LogP contribution in [0.4, 0.5) is 4.39 Å². The molecule has 2 aromatic carbocycles. The van der Waals surface area contributed by atoms with Crippen molar-refractivity contribution in [2.75, 3.05) is 33.2 Å². The monoisotopic (exact) mass is 641 g/mol. The number of hydrogen-bond donors (Lipinski definition) is 2. The Bertz CT molecular complexity index is 1870. The van der Waals surface area contributed by atoms with Gasteiger partial charge in [-0.05, 0) is 101 Å². The van der Waals surface area contributed by atoms with Crippen molar-refractivity contribution in [3.63, 3.8) is 0 Å². The smallest absolute Gasteiger partial charge is 0.337 e. The molecule has 0 atom stereocenters. The summed E-state index contributed by atoms with van der Waals surface area (Å²) < 4.78 is 17.1. The van der Waals surface area contributed by atoms with Crippen molar-refractivity contribution in [3.8, 4) is 16.8 Å². The lowest BCUT2D eigenvalue weighted by Crippen LogP contribution is -2.53. The van der Waals surface area contributed by atoms with E-state index in [1.165, 1.54) is 14.7 Å². The maximum Gasteiger partial charge on any atom is 0.337 e. The predicted molar refractivity (Wildman–Crippen MR) is 182 cm³/mol. The second kappa shape index (κ2) is 13.5. The topological polar surface area (TPSA) is 118 Å². The van der Waals surface area contributed by atoms with Crippen LogP contribution in [0.2, 0.25) is 0 Å². The Morgan fingerprint density at radius 1 is 0.979 bits per heavy atom. The van der Waals surface area contributed by atoms with Gasteiger partial charge in [-0.25, -0.2) is 18.7 Å². The van der Waals surface area contributed by atoms with E-state index in [0.29, 0.717) is 31.4 Å². The van der Waals surface area contributed by atoms with Crippen molar-refractivity contribution in [1.82, 2.24) is 29.2 Å². The molecule has 4 aromatic rings. The Balaban J connectivity index is 1.30. The fourth-order valence-corrected chi connectivity index (χ4v) is 6.73. The molecule has 3 N–H and O–H groups in total. The average molecular weight is 642 g/mol. The van der Waals surface area contributed by atoms with Crippen LogP contribution in [0.5, 0.6) is 0 Å². The number of likely N-dealkylation sites (N-methyl/N-ethyl adjacent to an activating group) is 1. The minimum atomic E-state index is -1.00. The van der Waals surface area contributed by atoms with Gasteiger partial charge in [-0.3, -0.25) is 19.1 Å². The third-order valence-corrected chi connectivity index (χ3v) is 9.48. The normalized spacial score (nSPS) is 19.9. The van der Waals surface area contributed by atoms with E-state index in [0.717, 1.165) is 62.5 Å². The molecule has 47 heavy (non-hydrogen) atoms. The molecule has 1 aliphatic carbocycles. The molecule has 1 aliphatic heterocycles. The van der Waals surface area contributed by atoms with Crippen molar-refractivity contribution >= 4 is 16.9 Å². The van der Waals surface area contributed by atoms with Gasteiger partial charge in [0.1, 0.15) is 5.82 Å². The zero-order chi connectivity index (χ0) is 33.3. The summed E-state index contributed by atoms with van der Waals surface area (Å²) in [6.45, 7) is 8.53. The SMILES string of the molecule is CN1CCCN(Cc2ccc(-c3cccc(-n4c(=O)n(C5CCC(NC(=O)C(C)(C)N)CC5)c(=O)c5cc(F)cnc54)c3)cc2)CC1. The van der Waals surface area contributed by atoms with Crippen LogP contribution in [0.15, 0.2) is 70.4 Å². The number of carbonyl (C=O) groups is 1. The van der Waals surface area contributed by atoms with E-state index >= 15 is 0 Å². The largest absolute Gasteiger partial charge is 0.352 e. The number of nitrogens with two attached hydrogens (primary N) is 1. The lowest BCUT2D eigenvalue weighted by molar-refractivity contribution is -0.126. The van der Waals surface area contributed by atoms with Crippen molar-refractivity contribution in [2.24, 2.45) is 5.73 Å². The van der Waals surface area contributed by atoms with E-state index in [4.69, 9.17) is 5.73 Å². The fraction of sp³-hybridized carbons (Fsp3) is 0.444. The van der Waals surface area contributed by atoms with Gasteiger partial charge in [-0.15, -0.1) is 0 Å². The van der Waals surface area contributed by atoms with Crippen molar-refractivity contribution in [2.45, 2.75) is 70.1 Å². The highest BCUT2D eigenvalue weighted by Gasteiger charge is 2.30. The molecule has 10 nitrogen and oxygen atoms in total. The summed E-state index contributed by atoms with van der Waals surface area (Å²) in [7, 11) is 2.17. The number of nitrogens with zero attached hydrogens (tertiary/aromatic N) is 5. The molecule has 1 amide bonds. The molecule has 248 valence electrons. The lowest BCUT2D eigenvalue weighted by atomic mass is 9.90. The number of fused-ring (bicyclic) bond motifs is 1. The Hall–Kier alpha value is -4.19. The zero-order valence-corrected chi connectivity index (χ0v) is 27.4. The molecule has 2 aliphatic rings. The van der Waals surface area contributed by atoms with Crippen LogP contribution in [-0.2, 0) is 11.3 Å². The van der Waals surface area contributed by atoms with Gasteiger partial charge < -0.3 is 16.0 Å². The number of carbonyl (C=O) groups excluding carboxylic acids is 1. The highest BCUT2D eigenvalue weighted by Crippen LogP contribution is 2.29. The first kappa shape index (κ1) is 32.7. The Morgan fingerprint density at radius 2 is 1.72 bits per heavy atom. The standard InChI is InChI=1S/C36H44FN7O3/c1-36(2,38)34(46)40-28-12-14-29(15-13-28)44-33(45)31-21-27(37)22-39-32(31)43(35(44)47)30-7-4-6-26(20-30)25-10-8-24(9-11-25)23-42-17-5-16-41(3)18-19-42/h4,6-11,20-22,28-29H,5,12-19,23,38H2,1-3H3,(H,40,46). The maximum atomic E-state index is 14.4. The highest BCUT2D eigenvalue weighted by atomic mass is 19.1. The molecule has 2 fully saturated rings. The summed E-state index contributed by atoms with van der Waals surface area (Å²) in [6.07, 6.45) is 4.35. The van der Waals surface area contributed by atoms with Gasteiger partial charge in [0, 0.05) is 31.7 Å². The average Bonchev–Trinajstić information content (AvgIpc) is 3.25. The van der Waals surface area contributed by atoms with Crippen LogP contribution < -0.4 is 22.3 Å². The number of aromatic nitrogens is 3. The second-order valence-corrected chi connectivity index (χ2v) is 13.7. The molecule has 0 spiro atoms. The van der Waals surface area contributed by atoms with Gasteiger partial charge in [0.15, 0.2) is 5.65 Å². The Morgan fingerprint density at radius 3 is 2.45 bits per heavy atom. The lowest BCUT2D eigenvalue weighted by Gasteiger charge is -2.32. The predicted octanol–water partition coefficient (Wildman–Crippen LogP) is 3.83. The molecule has 0 bridgehead atoms. The summed E-state index contributed by atoms with van der Waals surface area (Å²) in [5.41, 5.74) is 7.66.